The number of carbonyl (C=O) groups is 1. The Labute approximate surface area is 106 Å². The van der Waals surface area contributed by atoms with E-state index in [-0.39, 0.29) is 11.0 Å². The topological polar surface area (TPSA) is 49.3 Å². The third kappa shape index (κ3) is 5.07. The molecule has 3 heteroatoms. The summed E-state index contributed by atoms with van der Waals surface area (Å²) in [5, 5.41) is 12.8. The molecule has 0 heterocycles. The fourth-order valence-electron chi connectivity index (χ4n) is 2.80. The van der Waals surface area contributed by atoms with Crippen molar-refractivity contribution in [3.8, 4) is 0 Å². The highest BCUT2D eigenvalue weighted by atomic mass is 16.4. The van der Waals surface area contributed by atoms with Crippen molar-refractivity contribution in [1.29, 1.82) is 0 Å². The Hall–Kier alpha value is -0.570. The van der Waals surface area contributed by atoms with Gasteiger partial charge in [-0.3, -0.25) is 10.1 Å². The van der Waals surface area contributed by atoms with Crippen LogP contribution in [0.1, 0.15) is 67.7 Å². The molecule has 0 aromatic heterocycles. The predicted molar refractivity (Wildman–Crippen MR) is 72.2 cm³/mol. The van der Waals surface area contributed by atoms with Crippen LogP contribution in [-0.4, -0.2) is 22.2 Å². The molecule has 0 radical (unpaired) electrons. The van der Waals surface area contributed by atoms with Crippen molar-refractivity contribution in [3.63, 3.8) is 0 Å². The minimum absolute atomic E-state index is 0.178. The van der Waals surface area contributed by atoms with E-state index in [2.05, 4.69) is 39.9 Å². The van der Waals surface area contributed by atoms with E-state index in [0.717, 1.165) is 6.42 Å². The lowest BCUT2D eigenvalue weighted by Gasteiger charge is -2.41. The van der Waals surface area contributed by atoms with Gasteiger partial charge in [-0.05, 0) is 38.5 Å². The summed E-state index contributed by atoms with van der Waals surface area (Å²) in [6.45, 7) is 14.6. The molecule has 0 atom stereocenters. The molecule has 0 unspecified atom stereocenters. The van der Waals surface area contributed by atoms with Crippen LogP contribution >= 0.6 is 0 Å². The summed E-state index contributed by atoms with van der Waals surface area (Å²) in [6.07, 6.45) is 2.15. The zero-order valence-corrected chi connectivity index (χ0v) is 12.5. The second kappa shape index (κ2) is 5.38. The van der Waals surface area contributed by atoms with E-state index in [4.69, 9.17) is 0 Å². The van der Waals surface area contributed by atoms with Gasteiger partial charge in [0, 0.05) is 5.54 Å². The minimum Gasteiger partial charge on any atom is -0.480 e. The van der Waals surface area contributed by atoms with E-state index in [1.807, 2.05) is 13.8 Å². The van der Waals surface area contributed by atoms with E-state index in [0.29, 0.717) is 12.8 Å². The standard InChI is InChI=1S/C14H29NO2/c1-8-14(9-2,11(16)17)15-13(6,7)10-12(3,4)5/h15H,8-10H2,1-7H3,(H,16,17). The van der Waals surface area contributed by atoms with Crippen molar-refractivity contribution >= 4 is 5.97 Å². The summed E-state index contributed by atoms with van der Waals surface area (Å²) in [5.74, 6) is -0.746. The second-order valence-corrected chi connectivity index (χ2v) is 6.84. The van der Waals surface area contributed by atoms with E-state index >= 15 is 0 Å². The van der Waals surface area contributed by atoms with Gasteiger partial charge in [-0.15, -0.1) is 0 Å². The first-order chi connectivity index (χ1) is 7.48. The number of aliphatic carboxylic acids is 1. The molecule has 0 saturated heterocycles. The molecule has 0 aliphatic heterocycles. The lowest BCUT2D eigenvalue weighted by atomic mass is 9.79. The Balaban J connectivity index is 4.93. The van der Waals surface area contributed by atoms with Gasteiger partial charge >= 0.3 is 5.97 Å². The van der Waals surface area contributed by atoms with Gasteiger partial charge < -0.3 is 5.11 Å². The molecule has 0 saturated carbocycles. The van der Waals surface area contributed by atoms with Gasteiger partial charge in [0.25, 0.3) is 0 Å². The lowest BCUT2D eigenvalue weighted by Crippen LogP contribution is -2.60. The van der Waals surface area contributed by atoms with Crippen LogP contribution in [0.5, 0.6) is 0 Å². The van der Waals surface area contributed by atoms with Gasteiger partial charge in [-0.25, -0.2) is 0 Å². The maximum Gasteiger partial charge on any atom is 0.323 e. The lowest BCUT2D eigenvalue weighted by molar-refractivity contribution is -0.146. The Kier molecular flexibility index (Phi) is 5.20. The summed E-state index contributed by atoms with van der Waals surface area (Å²) in [5.41, 5.74) is -0.792. The zero-order valence-electron chi connectivity index (χ0n) is 12.5. The molecule has 0 amide bonds. The average Bonchev–Trinajstić information content (AvgIpc) is 2.09. The molecule has 3 nitrogen and oxygen atoms in total. The summed E-state index contributed by atoms with van der Waals surface area (Å²) in [4.78, 5) is 11.5. The molecule has 0 aliphatic carbocycles. The fourth-order valence-corrected chi connectivity index (χ4v) is 2.80. The van der Waals surface area contributed by atoms with Gasteiger partial charge in [-0.1, -0.05) is 34.6 Å². The highest BCUT2D eigenvalue weighted by Gasteiger charge is 2.40. The van der Waals surface area contributed by atoms with E-state index in [9.17, 15) is 9.90 Å². The second-order valence-electron chi connectivity index (χ2n) is 6.84. The highest BCUT2D eigenvalue weighted by Crippen LogP contribution is 2.30. The first-order valence-electron chi connectivity index (χ1n) is 6.51. The Morgan fingerprint density at radius 3 is 1.71 bits per heavy atom. The molecule has 17 heavy (non-hydrogen) atoms. The Morgan fingerprint density at radius 1 is 1.06 bits per heavy atom. The number of carboxylic acids is 1. The van der Waals surface area contributed by atoms with Gasteiger partial charge in [-0.2, -0.15) is 0 Å². The normalized spacial score (nSPS) is 13.8. The van der Waals surface area contributed by atoms with E-state index in [1.165, 1.54) is 0 Å². The summed E-state index contributed by atoms with van der Waals surface area (Å²) < 4.78 is 0. The quantitative estimate of drug-likeness (QED) is 0.751. The van der Waals surface area contributed by atoms with Crippen LogP contribution in [0.25, 0.3) is 0 Å². The first kappa shape index (κ1) is 16.4. The van der Waals surface area contributed by atoms with Crippen LogP contribution in [0, 0.1) is 5.41 Å². The molecule has 0 aromatic rings. The summed E-state index contributed by atoms with van der Waals surface area (Å²) >= 11 is 0. The van der Waals surface area contributed by atoms with Crippen molar-refractivity contribution in [2.45, 2.75) is 78.8 Å². The van der Waals surface area contributed by atoms with Crippen molar-refractivity contribution in [3.05, 3.63) is 0 Å². The maximum absolute atomic E-state index is 11.5. The Morgan fingerprint density at radius 2 is 1.47 bits per heavy atom. The SMILES string of the molecule is CCC(CC)(NC(C)(C)CC(C)(C)C)C(=O)O. The van der Waals surface area contributed by atoms with Crippen molar-refractivity contribution in [2.24, 2.45) is 5.41 Å². The minimum atomic E-state index is -0.797. The van der Waals surface area contributed by atoms with E-state index < -0.39 is 11.5 Å². The third-order valence-electron chi connectivity index (χ3n) is 3.17. The number of carboxylic acid groups (broad SMARTS) is 1. The number of rotatable bonds is 6. The van der Waals surface area contributed by atoms with Crippen LogP contribution in [0.15, 0.2) is 0 Å². The van der Waals surface area contributed by atoms with Crippen LogP contribution in [-0.2, 0) is 4.79 Å². The number of nitrogens with one attached hydrogen (secondary N) is 1. The van der Waals surface area contributed by atoms with Gasteiger partial charge in [0.2, 0.25) is 0 Å². The molecule has 0 spiro atoms. The van der Waals surface area contributed by atoms with Gasteiger partial charge in [0.05, 0.1) is 0 Å². The zero-order chi connectivity index (χ0) is 13.9. The largest absolute Gasteiger partial charge is 0.480 e. The summed E-state index contributed by atoms with van der Waals surface area (Å²) in [6, 6.07) is 0. The van der Waals surface area contributed by atoms with Crippen LogP contribution < -0.4 is 5.32 Å². The van der Waals surface area contributed by atoms with Gasteiger partial charge in [0.1, 0.15) is 5.54 Å². The summed E-state index contributed by atoms with van der Waals surface area (Å²) in [7, 11) is 0. The Bertz CT molecular complexity index is 260. The molecule has 0 fully saturated rings. The monoisotopic (exact) mass is 243 g/mol. The molecular weight excluding hydrogens is 214 g/mol. The number of hydrogen-bond acceptors (Lipinski definition) is 2. The average molecular weight is 243 g/mol. The van der Waals surface area contributed by atoms with Crippen molar-refractivity contribution in [2.75, 3.05) is 0 Å². The molecule has 0 aliphatic rings. The van der Waals surface area contributed by atoms with Crippen molar-refractivity contribution < 1.29 is 9.90 Å². The van der Waals surface area contributed by atoms with Crippen molar-refractivity contribution in [1.82, 2.24) is 5.32 Å². The maximum atomic E-state index is 11.5. The molecule has 2 N–H and O–H groups in total. The van der Waals surface area contributed by atoms with Crippen LogP contribution in [0.3, 0.4) is 0 Å². The molecular formula is C14H29NO2. The molecule has 0 aromatic carbocycles. The molecule has 0 bridgehead atoms. The van der Waals surface area contributed by atoms with Gasteiger partial charge in [0.15, 0.2) is 0 Å². The highest BCUT2D eigenvalue weighted by molar-refractivity contribution is 5.78. The predicted octanol–water partition coefficient (Wildman–Crippen LogP) is 3.43. The first-order valence-corrected chi connectivity index (χ1v) is 6.51. The molecule has 0 rings (SSSR count). The molecule has 102 valence electrons. The van der Waals surface area contributed by atoms with E-state index in [1.54, 1.807) is 0 Å². The fraction of sp³-hybridized carbons (Fsp3) is 0.929. The third-order valence-corrected chi connectivity index (χ3v) is 3.17. The van der Waals surface area contributed by atoms with Crippen LogP contribution in [0.2, 0.25) is 0 Å². The smallest absolute Gasteiger partial charge is 0.323 e. The van der Waals surface area contributed by atoms with Crippen LogP contribution in [0.4, 0.5) is 0 Å². The number of hydrogen-bond donors (Lipinski definition) is 2.